The zero-order chi connectivity index (χ0) is 13.0. The Bertz CT molecular complexity index is 456. The maximum atomic E-state index is 8.72. The van der Waals surface area contributed by atoms with E-state index < -0.39 is 0 Å². The summed E-state index contributed by atoms with van der Waals surface area (Å²) in [5.74, 6) is 0. The predicted molar refractivity (Wildman–Crippen MR) is 64.1 cm³/mol. The van der Waals surface area contributed by atoms with Crippen molar-refractivity contribution in [2.75, 3.05) is 19.7 Å². The Kier molecular flexibility index (Phi) is 3.75. The van der Waals surface area contributed by atoms with Gasteiger partial charge in [-0.1, -0.05) is 0 Å². The summed E-state index contributed by atoms with van der Waals surface area (Å²) < 4.78 is 11.3. The summed E-state index contributed by atoms with van der Waals surface area (Å²) in [6.07, 6.45) is 1.47. The van der Waals surface area contributed by atoms with Crippen molar-refractivity contribution in [3.05, 3.63) is 18.0 Å². The third-order valence-electron chi connectivity index (χ3n) is 2.55. The van der Waals surface area contributed by atoms with E-state index in [9.17, 15) is 0 Å². The molecular formula is C12H16N4O2. The van der Waals surface area contributed by atoms with Crippen LogP contribution in [0.15, 0.2) is 12.3 Å². The quantitative estimate of drug-likeness (QED) is 0.838. The Hall–Kier alpha value is -1.71. The molecule has 0 spiro atoms. The summed E-state index contributed by atoms with van der Waals surface area (Å²) in [4.78, 5) is 7.89. The molecule has 1 aromatic rings. The molecule has 0 amide bonds. The number of rotatable bonds is 3. The van der Waals surface area contributed by atoms with Gasteiger partial charge in [0.05, 0.1) is 5.60 Å². The van der Waals surface area contributed by atoms with Crippen molar-refractivity contribution in [2.45, 2.75) is 25.6 Å². The van der Waals surface area contributed by atoms with Gasteiger partial charge >= 0.3 is 6.01 Å². The molecule has 0 aliphatic carbocycles. The van der Waals surface area contributed by atoms with Crippen molar-refractivity contribution in [3.8, 4) is 12.1 Å². The number of nitrogens with one attached hydrogen (secondary N) is 1. The van der Waals surface area contributed by atoms with Gasteiger partial charge in [-0.2, -0.15) is 10.2 Å². The molecule has 1 fully saturated rings. The fourth-order valence-corrected chi connectivity index (χ4v) is 1.80. The molecule has 0 aromatic carbocycles. The SMILES string of the molecule is CC1(C)CNCC(COc2nccc(C#N)n2)O1. The van der Waals surface area contributed by atoms with Gasteiger partial charge < -0.3 is 14.8 Å². The van der Waals surface area contributed by atoms with Crippen LogP contribution in [0.2, 0.25) is 0 Å². The predicted octanol–water partition coefficient (Wildman–Crippen LogP) is 0.494. The highest BCUT2D eigenvalue weighted by Gasteiger charge is 2.28. The molecule has 1 saturated heterocycles. The molecule has 96 valence electrons. The summed E-state index contributed by atoms with van der Waals surface area (Å²) in [5.41, 5.74) is 0.102. The van der Waals surface area contributed by atoms with Crippen LogP contribution < -0.4 is 10.1 Å². The first-order valence-electron chi connectivity index (χ1n) is 5.83. The highest BCUT2D eigenvalue weighted by atomic mass is 16.6. The summed E-state index contributed by atoms with van der Waals surface area (Å²) in [6, 6.07) is 3.69. The first kappa shape index (κ1) is 12.7. The second-order valence-corrected chi connectivity index (χ2v) is 4.78. The second-order valence-electron chi connectivity index (χ2n) is 4.78. The molecule has 2 heterocycles. The van der Waals surface area contributed by atoms with Crippen molar-refractivity contribution >= 4 is 0 Å². The van der Waals surface area contributed by atoms with Crippen LogP contribution in [0, 0.1) is 11.3 Å². The summed E-state index contributed by atoms with van der Waals surface area (Å²) >= 11 is 0. The Balaban J connectivity index is 1.89. The van der Waals surface area contributed by atoms with Crippen molar-refractivity contribution in [2.24, 2.45) is 0 Å². The van der Waals surface area contributed by atoms with Crippen molar-refractivity contribution < 1.29 is 9.47 Å². The molecule has 1 unspecified atom stereocenters. The van der Waals surface area contributed by atoms with Crippen LogP contribution in [0.5, 0.6) is 6.01 Å². The normalized spacial score (nSPS) is 22.2. The van der Waals surface area contributed by atoms with Crippen LogP contribution in [0.4, 0.5) is 0 Å². The topological polar surface area (TPSA) is 80.1 Å². The summed E-state index contributed by atoms with van der Waals surface area (Å²) in [5, 5.41) is 12.0. The van der Waals surface area contributed by atoms with E-state index in [0.717, 1.165) is 13.1 Å². The monoisotopic (exact) mass is 248 g/mol. The number of morpholine rings is 1. The van der Waals surface area contributed by atoms with Crippen LogP contribution in [0.1, 0.15) is 19.5 Å². The van der Waals surface area contributed by atoms with Gasteiger partial charge in [0.25, 0.3) is 0 Å². The lowest BCUT2D eigenvalue weighted by Gasteiger charge is -2.36. The zero-order valence-electron chi connectivity index (χ0n) is 10.5. The van der Waals surface area contributed by atoms with Gasteiger partial charge in [-0.15, -0.1) is 0 Å². The average Bonchev–Trinajstić information content (AvgIpc) is 2.35. The van der Waals surface area contributed by atoms with Gasteiger partial charge in [0, 0.05) is 19.3 Å². The fourth-order valence-electron chi connectivity index (χ4n) is 1.80. The Morgan fingerprint density at radius 1 is 1.67 bits per heavy atom. The highest BCUT2D eigenvalue weighted by Crippen LogP contribution is 2.15. The Morgan fingerprint density at radius 2 is 2.50 bits per heavy atom. The number of hydrogen-bond donors (Lipinski definition) is 1. The van der Waals surface area contributed by atoms with E-state index in [2.05, 4.69) is 15.3 Å². The molecule has 1 aliphatic rings. The van der Waals surface area contributed by atoms with Gasteiger partial charge in [0.1, 0.15) is 24.5 Å². The van der Waals surface area contributed by atoms with Gasteiger partial charge in [-0.05, 0) is 19.9 Å². The first-order chi connectivity index (χ1) is 8.59. The largest absolute Gasteiger partial charge is 0.461 e. The minimum atomic E-state index is -0.193. The van der Waals surface area contributed by atoms with Crippen LogP contribution in [0.25, 0.3) is 0 Å². The lowest BCUT2D eigenvalue weighted by Crippen LogP contribution is -2.52. The molecule has 1 atom stereocenters. The van der Waals surface area contributed by atoms with Crippen molar-refractivity contribution in [1.29, 1.82) is 5.26 Å². The van der Waals surface area contributed by atoms with Crippen molar-refractivity contribution in [3.63, 3.8) is 0 Å². The summed E-state index contributed by atoms with van der Waals surface area (Å²) in [6.45, 7) is 5.98. The molecule has 0 saturated carbocycles. The molecule has 2 rings (SSSR count). The molecular weight excluding hydrogens is 232 g/mol. The number of ether oxygens (including phenoxy) is 2. The smallest absolute Gasteiger partial charge is 0.317 e. The minimum Gasteiger partial charge on any atom is -0.461 e. The summed E-state index contributed by atoms with van der Waals surface area (Å²) in [7, 11) is 0. The van der Waals surface area contributed by atoms with Gasteiger partial charge in [-0.3, -0.25) is 0 Å². The average molecular weight is 248 g/mol. The zero-order valence-corrected chi connectivity index (χ0v) is 10.5. The van der Waals surface area contributed by atoms with E-state index in [-0.39, 0.29) is 17.7 Å². The van der Waals surface area contributed by atoms with E-state index in [4.69, 9.17) is 14.7 Å². The maximum Gasteiger partial charge on any atom is 0.317 e. The minimum absolute atomic E-state index is 0.0388. The number of nitriles is 1. The lowest BCUT2D eigenvalue weighted by molar-refractivity contribution is -0.107. The van der Waals surface area contributed by atoms with Crippen LogP contribution in [0.3, 0.4) is 0 Å². The van der Waals surface area contributed by atoms with E-state index >= 15 is 0 Å². The Morgan fingerprint density at radius 3 is 3.22 bits per heavy atom. The molecule has 1 aromatic heterocycles. The van der Waals surface area contributed by atoms with Gasteiger partial charge in [0.15, 0.2) is 0 Å². The van der Waals surface area contributed by atoms with Gasteiger partial charge in [0.2, 0.25) is 0 Å². The molecule has 0 radical (unpaired) electrons. The van der Waals surface area contributed by atoms with Crippen molar-refractivity contribution in [1.82, 2.24) is 15.3 Å². The lowest BCUT2D eigenvalue weighted by atomic mass is 10.1. The molecule has 1 N–H and O–H groups in total. The molecule has 6 nitrogen and oxygen atoms in total. The van der Waals surface area contributed by atoms with Crippen LogP contribution in [-0.2, 0) is 4.74 Å². The Labute approximate surface area is 106 Å². The second kappa shape index (κ2) is 5.29. The molecule has 18 heavy (non-hydrogen) atoms. The fraction of sp³-hybridized carbons (Fsp3) is 0.583. The van der Waals surface area contributed by atoms with E-state index in [0.29, 0.717) is 12.3 Å². The first-order valence-corrected chi connectivity index (χ1v) is 5.83. The van der Waals surface area contributed by atoms with E-state index in [1.807, 2.05) is 19.9 Å². The van der Waals surface area contributed by atoms with Gasteiger partial charge in [-0.25, -0.2) is 4.98 Å². The standard InChI is InChI=1S/C12H16N4O2/c1-12(2)8-14-6-10(18-12)7-17-11-15-4-3-9(5-13)16-11/h3-4,10,14H,6-8H2,1-2H3. The van der Waals surface area contributed by atoms with E-state index in [1.165, 1.54) is 12.3 Å². The molecule has 6 heteroatoms. The number of aromatic nitrogens is 2. The maximum absolute atomic E-state index is 8.72. The molecule has 0 bridgehead atoms. The third kappa shape index (κ3) is 3.39. The van der Waals surface area contributed by atoms with Crippen LogP contribution >= 0.6 is 0 Å². The highest BCUT2D eigenvalue weighted by molar-refractivity contribution is 5.19. The third-order valence-corrected chi connectivity index (χ3v) is 2.55. The number of nitrogens with zero attached hydrogens (tertiary/aromatic N) is 3. The van der Waals surface area contributed by atoms with E-state index in [1.54, 1.807) is 0 Å². The number of hydrogen-bond acceptors (Lipinski definition) is 6. The van der Waals surface area contributed by atoms with Crippen LogP contribution in [-0.4, -0.2) is 41.4 Å². The molecule has 1 aliphatic heterocycles.